The maximum atomic E-state index is 12.4. The number of benzene rings is 1. The van der Waals surface area contributed by atoms with Crippen LogP contribution in [-0.2, 0) is 20.7 Å². The Morgan fingerprint density at radius 3 is 2.71 bits per heavy atom. The van der Waals surface area contributed by atoms with Crippen molar-refractivity contribution in [3.63, 3.8) is 0 Å². The van der Waals surface area contributed by atoms with E-state index in [1.165, 1.54) is 5.56 Å². The van der Waals surface area contributed by atoms with E-state index in [1.54, 1.807) is 0 Å². The van der Waals surface area contributed by atoms with Crippen molar-refractivity contribution in [2.45, 2.75) is 56.8 Å². The maximum absolute atomic E-state index is 12.4. The summed E-state index contributed by atoms with van der Waals surface area (Å²) in [5.74, 6) is -0.530. The molecule has 1 aliphatic heterocycles. The van der Waals surface area contributed by atoms with E-state index in [0.717, 1.165) is 32.1 Å². The van der Waals surface area contributed by atoms with E-state index in [2.05, 4.69) is 17.4 Å². The molecule has 0 unspecified atom stereocenters. The van der Waals surface area contributed by atoms with Gasteiger partial charge in [0.15, 0.2) is 0 Å². The SMILES string of the molecule is O=C(N[C@H]1C[C@@H]2C[C@]2(C(=O)O)C1)[C@@H]1CC[C@H](Cc2ccccc2)O1. The second-order valence-corrected chi connectivity index (χ2v) is 7.52. The fourth-order valence-electron chi connectivity index (χ4n) is 4.49. The van der Waals surface area contributed by atoms with Crippen molar-refractivity contribution in [1.82, 2.24) is 5.32 Å². The molecule has 128 valence electrons. The van der Waals surface area contributed by atoms with Crippen LogP contribution in [0.3, 0.4) is 0 Å². The zero-order valence-corrected chi connectivity index (χ0v) is 13.6. The van der Waals surface area contributed by atoms with Crippen LogP contribution >= 0.6 is 0 Å². The second-order valence-electron chi connectivity index (χ2n) is 7.52. The highest BCUT2D eigenvalue weighted by Crippen LogP contribution is 2.63. The Hall–Kier alpha value is -1.88. The lowest BCUT2D eigenvalue weighted by Crippen LogP contribution is -2.41. The number of rotatable bonds is 5. The minimum atomic E-state index is -0.704. The fraction of sp³-hybridized carbons (Fsp3) is 0.579. The summed E-state index contributed by atoms with van der Waals surface area (Å²) >= 11 is 0. The van der Waals surface area contributed by atoms with Gasteiger partial charge in [-0.2, -0.15) is 0 Å². The predicted octanol–water partition coefficient (Wildman–Crippen LogP) is 2.15. The molecule has 3 aliphatic rings. The second kappa shape index (κ2) is 5.88. The number of nitrogens with one attached hydrogen (secondary N) is 1. The molecule has 2 aliphatic carbocycles. The van der Waals surface area contributed by atoms with Crippen molar-refractivity contribution >= 4 is 11.9 Å². The summed E-state index contributed by atoms with van der Waals surface area (Å²) in [5.41, 5.74) is 0.674. The summed E-state index contributed by atoms with van der Waals surface area (Å²) in [7, 11) is 0. The van der Waals surface area contributed by atoms with E-state index >= 15 is 0 Å². The van der Waals surface area contributed by atoms with Crippen LogP contribution in [0, 0.1) is 11.3 Å². The van der Waals surface area contributed by atoms with Gasteiger partial charge in [-0.3, -0.25) is 9.59 Å². The molecule has 0 aromatic heterocycles. The first kappa shape index (κ1) is 15.6. The average molecular weight is 329 g/mol. The predicted molar refractivity (Wildman–Crippen MR) is 87.4 cm³/mol. The van der Waals surface area contributed by atoms with Crippen LogP contribution < -0.4 is 5.32 Å². The standard InChI is InChI=1S/C19H23NO4/c21-17(20-14-9-13-10-19(13,11-14)18(22)23)16-7-6-15(24-16)8-12-4-2-1-3-5-12/h1-5,13-16H,6-11H2,(H,20,21)(H,22,23)/t13-,14+,15-,16+,19+/m1/s1. The number of ether oxygens (including phenoxy) is 1. The normalized spacial score (nSPS) is 37.0. The van der Waals surface area contributed by atoms with E-state index < -0.39 is 17.5 Å². The Kier molecular flexibility index (Phi) is 3.83. The highest BCUT2D eigenvalue weighted by Gasteiger charge is 2.65. The molecule has 3 fully saturated rings. The quantitative estimate of drug-likeness (QED) is 0.868. The number of hydrogen-bond donors (Lipinski definition) is 2. The molecule has 0 spiro atoms. The van der Waals surface area contributed by atoms with Crippen LogP contribution in [0.5, 0.6) is 0 Å². The first-order chi connectivity index (χ1) is 11.6. The van der Waals surface area contributed by atoms with E-state index in [4.69, 9.17) is 4.74 Å². The van der Waals surface area contributed by atoms with Crippen molar-refractivity contribution < 1.29 is 19.4 Å². The van der Waals surface area contributed by atoms with E-state index in [1.807, 2.05) is 18.2 Å². The molecule has 0 bridgehead atoms. The summed E-state index contributed by atoms with van der Waals surface area (Å²) < 4.78 is 5.92. The molecule has 5 atom stereocenters. The number of carbonyl (C=O) groups excluding carboxylic acids is 1. The minimum absolute atomic E-state index is 0.0101. The number of aliphatic carboxylic acids is 1. The summed E-state index contributed by atoms with van der Waals surface area (Å²) in [6.45, 7) is 0. The van der Waals surface area contributed by atoms with Crippen LogP contribution in [0.15, 0.2) is 30.3 Å². The van der Waals surface area contributed by atoms with Gasteiger partial charge < -0.3 is 15.2 Å². The summed E-state index contributed by atoms with van der Waals surface area (Å²) in [5, 5.41) is 12.3. The molecule has 0 radical (unpaired) electrons. The molecular weight excluding hydrogens is 306 g/mol. The van der Waals surface area contributed by atoms with Gasteiger partial charge in [0.05, 0.1) is 11.5 Å². The van der Waals surface area contributed by atoms with Gasteiger partial charge in [0.1, 0.15) is 6.10 Å². The Bertz CT molecular complexity index is 646. The van der Waals surface area contributed by atoms with E-state index in [0.29, 0.717) is 6.42 Å². The third kappa shape index (κ3) is 2.81. The molecule has 5 nitrogen and oxygen atoms in total. The molecular formula is C19H23NO4. The van der Waals surface area contributed by atoms with Crippen molar-refractivity contribution in [3.8, 4) is 0 Å². The Labute approximate surface area is 141 Å². The smallest absolute Gasteiger partial charge is 0.310 e. The number of carbonyl (C=O) groups is 2. The van der Waals surface area contributed by atoms with Gasteiger partial charge >= 0.3 is 5.97 Å². The lowest BCUT2D eigenvalue weighted by molar-refractivity contribution is -0.144. The molecule has 4 rings (SSSR count). The van der Waals surface area contributed by atoms with Gasteiger partial charge in [0, 0.05) is 6.04 Å². The largest absolute Gasteiger partial charge is 0.481 e. The lowest BCUT2D eigenvalue weighted by Gasteiger charge is -2.19. The van der Waals surface area contributed by atoms with Crippen LogP contribution in [-0.4, -0.2) is 35.2 Å². The zero-order valence-electron chi connectivity index (χ0n) is 13.6. The van der Waals surface area contributed by atoms with E-state index in [9.17, 15) is 14.7 Å². The molecule has 1 saturated heterocycles. The molecule has 1 aromatic rings. The number of fused-ring (bicyclic) bond motifs is 1. The minimum Gasteiger partial charge on any atom is -0.481 e. The van der Waals surface area contributed by atoms with Gasteiger partial charge in [-0.05, 0) is 50.0 Å². The van der Waals surface area contributed by atoms with Crippen molar-refractivity contribution in [1.29, 1.82) is 0 Å². The molecule has 1 amide bonds. The lowest BCUT2D eigenvalue weighted by atomic mass is 10.0. The van der Waals surface area contributed by atoms with Gasteiger partial charge in [0.2, 0.25) is 5.91 Å². The van der Waals surface area contributed by atoms with Crippen molar-refractivity contribution in [2.24, 2.45) is 11.3 Å². The highest BCUT2D eigenvalue weighted by atomic mass is 16.5. The average Bonchev–Trinajstić information content (AvgIpc) is 2.93. The van der Waals surface area contributed by atoms with Gasteiger partial charge in [-0.25, -0.2) is 0 Å². The molecule has 24 heavy (non-hydrogen) atoms. The molecule has 1 heterocycles. The topological polar surface area (TPSA) is 75.6 Å². The van der Waals surface area contributed by atoms with Crippen LogP contribution in [0.25, 0.3) is 0 Å². The number of carboxylic acids is 1. The molecule has 2 N–H and O–H groups in total. The summed E-state index contributed by atoms with van der Waals surface area (Å²) in [6, 6.07) is 10.2. The third-order valence-electron chi connectivity index (χ3n) is 5.89. The monoisotopic (exact) mass is 329 g/mol. The fourth-order valence-corrected chi connectivity index (χ4v) is 4.49. The number of hydrogen-bond acceptors (Lipinski definition) is 3. The zero-order chi connectivity index (χ0) is 16.7. The Morgan fingerprint density at radius 1 is 1.21 bits per heavy atom. The van der Waals surface area contributed by atoms with Gasteiger partial charge in [0.25, 0.3) is 0 Å². The highest BCUT2D eigenvalue weighted by molar-refractivity contribution is 5.83. The van der Waals surface area contributed by atoms with Crippen LogP contribution in [0.2, 0.25) is 0 Å². The van der Waals surface area contributed by atoms with Crippen molar-refractivity contribution in [2.75, 3.05) is 0 Å². The molecule has 5 heteroatoms. The summed E-state index contributed by atoms with van der Waals surface area (Å²) in [4.78, 5) is 23.7. The van der Waals surface area contributed by atoms with Crippen LogP contribution in [0.1, 0.15) is 37.7 Å². The molecule has 1 aromatic carbocycles. The third-order valence-corrected chi connectivity index (χ3v) is 5.89. The Morgan fingerprint density at radius 2 is 2.00 bits per heavy atom. The number of amides is 1. The van der Waals surface area contributed by atoms with Crippen molar-refractivity contribution in [3.05, 3.63) is 35.9 Å². The first-order valence-electron chi connectivity index (χ1n) is 8.80. The Balaban J connectivity index is 1.27. The number of carboxylic acid groups (broad SMARTS) is 1. The van der Waals surface area contributed by atoms with E-state index in [-0.39, 0.29) is 24.0 Å². The van der Waals surface area contributed by atoms with Gasteiger partial charge in [-0.15, -0.1) is 0 Å². The maximum Gasteiger partial charge on any atom is 0.310 e. The summed E-state index contributed by atoms with van der Waals surface area (Å²) in [6.07, 6.45) is 4.29. The van der Waals surface area contributed by atoms with Gasteiger partial charge in [-0.1, -0.05) is 30.3 Å². The van der Waals surface area contributed by atoms with Crippen LogP contribution in [0.4, 0.5) is 0 Å². The molecule has 2 saturated carbocycles. The first-order valence-corrected chi connectivity index (χ1v) is 8.80.